The highest BCUT2D eigenvalue weighted by Crippen LogP contribution is 2.30. The van der Waals surface area contributed by atoms with Crippen LogP contribution < -0.4 is 10.2 Å². The molecule has 4 rings (SSSR count). The van der Waals surface area contributed by atoms with E-state index in [1.807, 2.05) is 0 Å². The van der Waals surface area contributed by atoms with Crippen molar-refractivity contribution < 1.29 is 27.2 Å². The first-order valence-electron chi connectivity index (χ1n) is 10.1. The molecule has 168 valence electrons. The average molecular weight is 459 g/mol. The van der Waals surface area contributed by atoms with E-state index in [4.69, 9.17) is 0 Å². The number of para-hydroxylation sites is 1. The van der Waals surface area contributed by atoms with Gasteiger partial charge in [-0.05, 0) is 43.2 Å². The van der Waals surface area contributed by atoms with Crippen LogP contribution in [0.15, 0.2) is 54.6 Å². The molecule has 8 nitrogen and oxygen atoms in total. The Labute approximate surface area is 184 Å². The van der Waals surface area contributed by atoms with E-state index in [2.05, 4.69) is 5.32 Å². The highest BCUT2D eigenvalue weighted by atomic mass is 32.2. The molecule has 1 N–H and O–H groups in total. The third-order valence-corrected chi connectivity index (χ3v) is 7.62. The number of rotatable bonds is 5. The molecule has 0 saturated carbocycles. The molecule has 4 amide bonds. The summed E-state index contributed by atoms with van der Waals surface area (Å²) in [7, 11) is -3.27. The summed E-state index contributed by atoms with van der Waals surface area (Å²) in [6, 6.07) is 12.4. The Bertz CT molecular complexity index is 1170. The fraction of sp³-hybridized carbons (Fsp3) is 0.318. The van der Waals surface area contributed by atoms with Crippen molar-refractivity contribution in [1.82, 2.24) is 10.2 Å². The van der Waals surface area contributed by atoms with Gasteiger partial charge in [0.2, 0.25) is 5.91 Å². The van der Waals surface area contributed by atoms with E-state index in [1.165, 1.54) is 36.1 Å². The van der Waals surface area contributed by atoms with Crippen molar-refractivity contribution in [2.45, 2.75) is 24.9 Å². The van der Waals surface area contributed by atoms with E-state index in [1.54, 1.807) is 30.3 Å². The van der Waals surface area contributed by atoms with E-state index in [0.29, 0.717) is 11.3 Å². The topological polar surface area (TPSA) is 104 Å². The quantitative estimate of drug-likeness (QED) is 0.687. The smallest absolute Gasteiger partial charge is 0.319 e. The summed E-state index contributed by atoms with van der Waals surface area (Å²) in [6.07, 6.45) is 0.274. The molecule has 0 bridgehead atoms. The van der Waals surface area contributed by atoms with Gasteiger partial charge in [0.05, 0.1) is 17.5 Å². The largest absolute Gasteiger partial charge is 0.325 e. The molecule has 0 aromatic heterocycles. The number of urea groups is 1. The van der Waals surface area contributed by atoms with Gasteiger partial charge in [-0.2, -0.15) is 0 Å². The summed E-state index contributed by atoms with van der Waals surface area (Å²) in [5, 5.41) is 2.58. The summed E-state index contributed by atoms with van der Waals surface area (Å²) in [5.74, 6) is -1.90. The molecule has 2 aliphatic rings. The molecule has 2 saturated heterocycles. The van der Waals surface area contributed by atoms with Crippen LogP contribution in [0.3, 0.4) is 0 Å². The molecule has 0 aliphatic carbocycles. The van der Waals surface area contributed by atoms with Gasteiger partial charge in [0.25, 0.3) is 5.91 Å². The molecule has 2 atom stereocenters. The number of carbonyl (C=O) groups excluding carboxylic acids is 3. The number of benzene rings is 2. The Balaban J connectivity index is 1.60. The van der Waals surface area contributed by atoms with Gasteiger partial charge in [0.1, 0.15) is 17.9 Å². The molecule has 10 heteroatoms. The minimum atomic E-state index is -3.27. The van der Waals surface area contributed by atoms with Crippen LogP contribution in [0, 0.1) is 5.82 Å². The molecule has 2 heterocycles. The number of halogens is 1. The number of sulfone groups is 1. The first-order valence-corrected chi connectivity index (χ1v) is 11.9. The lowest BCUT2D eigenvalue weighted by Crippen LogP contribution is -2.48. The predicted molar refractivity (Wildman–Crippen MR) is 115 cm³/mol. The number of imide groups is 1. The summed E-state index contributed by atoms with van der Waals surface area (Å²) in [4.78, 5) is 41.2. The third-order valence-electron chi connectivity index (χ3n) is 5.87. The molecule has 0 spiro atoms. The fourth-order valence-corrected chi connectivity index (χ4v) is 5.86. The van der Waals surface area contributed by atoms with E-state index >= 15 is 0 Å². The Morgan fingerprint density at radius 3 is 2.41 bits per heavy atom. The highest BCUT2D eigenvalue weighted by Gasteiger charge is 2.50. The van der Waals surface area contributed by atoms with Crippen molar-refractivity contribution in [3.05, 3.63) is 66.0 Å². The van der Waals surface area contributed by atoms with Crippen molar-refractivity contribution in [2.24, 2.45) is 0 Å². The molecule has 2 aromatic rings. The molecule has 32 heavy (non-hydrogen) atoms. The predicted octanol–water partition coefficient (Wildman–Crippen LogP) is 1.81. The number of hydrogen-bond acceptors (Lipinski definition) is 5. The normalized spacial score (nSPS) is 24.4. The Morgan fingerprint density at radius 1 is 1.16 bits per heavy atom. The standard InChI is InChI=1S/C22H22FN3O5S/c1-22(15-7-9-16(23)10-8-15)20(28)25(21(29)24-22)13-19(27)26(17-5-3-2-4-6-17)18-11-12-32(30,31)14-18/h2-10,18H,11-14H2,1H3,(H,24,29)/t18-,22-/m1/s1. The molecule has 2 fully saturated rings. The average Bonchev–Trinajstić information content (AvgIpc) is 3.21. The van der Waals surface area contributed by atoms with Crippen molar-refractivity contribution in [2.75, 3.05) is 23.0 Å². The third kappa shape index (κ3) is 3.97. The SMILES string of the molecule is C[C@]1(c2ccc(F)cc2)NC(=O)N(CC(=O)N(c2ccccc2)[C@@H]2CCS(=O)(=O)C2)C1=O. The van der Waals surface area contributed by atoms with Crippen LogP contribution in [0.2, 0.25) is 0 Å². The Hall–Kier alpha value is -3.27. The first-order chi connectivity index (χ1) is 15.1. The van der Waals surface area contributed by atoms with Gasteiger partial charge in [-0.25, -0.2) is 17.6 Å². The van der Waals surface area contributed by atoms with Gasteiger partial charge < -0.3 is 10.2 Å². The van der Waals surface area contributed by atoms with Crippen LogP contribution in [0.25, 0.3) is 0 Å². The number of carbonyl (C=O) groups is 3. The monoisotopic (exact) mass is 459 g/mol. The van der Waals surface area contributed by atoms with Crippen molar-refractivity contribution in [1.29, 1.82) is 0 Å². The van der Waals surface area contributed by atoms with Gasteiger partial charge in [-0.15, -0.1) is 0 Å². The van der Waals surface area contributed by atoms with Crippen LogP contribution in [0.4, 0.5) is 14.9 Å². The highest BCUT2D eigenvalue weighted by molar-refractivity contribution is 7.91. The number of hydrogen-bond donors (Lipinski definition) is 1. The number of nitrogens with one attached hydrogen (secondary N) is 1. The van der Waals surface area contributed by atoms with Gasteiger partial charge in [0.15, 0.2) is 9.84 Å². The maximum Gasteiger partial charge on any atom is 0.325 e. The van der Waals surface area contributed by atoms with Crippen molar-refractivity contribution in [3.8, 4) is 0 Å². The van der Waals surface area contributed by atoms with Crippen LogP contribution in [0.1, 0.15) is 18.9 Å². The molecule has 2 aliphatic heterocycles. The minimum absolute atomic E-state index is 0.0277. The molecular weight excluding hydrogens is 437 g/mol. The zero-order chi connectivity index (χ0) is 23.1. The zero-order valence-corrected chi connectivity index (χ0v) is 18.1. The van der Waals surface area contributed by atoms with Gasteiger partial charge in [0, 0.05) is 5.69 Å². The number of nitrogens with zero attached hydrogens (tertiary/aromatic N) is 2. The Morgan fingerprint density at radius 2 is 1.81 bits per heavy atom. The second-order valence-electron chi connectivity index (χ2n) is 8.11. The first kappa shape index (κ1) is 21.9. The molecule has 0 radical (unpaired) electrons. The second kappa shape index (κ2) is 8.01. The van der Waals surface area contributed by atoms with Gasteiger partial charge in [-0.1, -0.05) is 30.3 Å². The fourth-order valence-electron chi connectivity index (χ4n) is 4.16. The molecular formula is C22H22FN3O5S. The number of amides is 4. The summed E-state index contributed by atoms with van der Waals surface area (Å²) in [5.41, 5.74) is -0.568. The number of anilines is 1. The second-order valence-corrected chi connectivity index (χ2v) is 10.3. The Kier molecular flexibility index (Phi) is 5.49. The van der Waals surface area contributed by atoms with Crippen molar-refractivity contribution in [3.63, 3.8) is 0 Å². The van der Waals surface area contributed by atoms with E-state index in [9.17, 15) is 27.2 Å². The molecule has 0 unspecified atom stereocenters. The summed E-state index contributed by atoms with van der Waals surface area (Å²) in [6.45, 7) is 0.941. The maximum atomic E-state index is 13.3. The maximum absolute atomic E-state index is 13.3. The lowest BCUT2D eigenvalue weighted by molar-refractivity contribution is -0.134. The summed E-state index contributed by atoms with van der Waals surface area (Å²) < 4.78 is 37.3. The minimum Gasteiger partial charge on any atom is -0.319 e. The van der Waals surface area contributed by atoms with Gasteiger partial charge in [-0.3, -0.25) is 14.5 Å². The van der Waals surface area contributed by atoms with Crippen LogP contribution in [-0.2, 0) is 25.0 Å². The van der Waals surface area contributed by atoms with Crippen LogP contribution in [0.5, 0.6) is 0 Å². The van der Waals surface area contributed by atoms with Gasteiger partial charge >= 0.3 is 6.03 Å². The lowest BCUT2D eigenvalue weighted by atomic mass is 9.92. The van der Waals surface area contributed by atoms with E-state index in [-0.39, 0.29) is 17.9 Å². The lowest BCUT2D eigenvalue weighted by Gasteiger charge is -2.30. The molecule has 2 aromatic carbocycles. The van der Waals surface area contributed by atoms with Crippen LogP contribution in [-0.4, -0.2) is 55.3 Å². The van der Waals surface area contributed by atoms with Crippen molar-refractivity contribution >= 4 is 33.4 Å². The summed E-state index contributed by atoms with van der Waals surface area (Å²) >= 11 is 0. The van der Waals surface area contributed by atoms with Crippen LogP contribution >= 0.6 is 0 Å². The zero-order valence-electron chi connectivity index (χ0n) is 17.3. The van der Waals surface area contributed by atoms with E-state index in [0.717, 1.165) is 4.90 Å². The van der Waals surface area contributed by atoms with E-state index < -0.39 is 51.6 Å².